The molecule has 2 aromatic rings. The SMILES string of the molecule is CN(C)S(=O)(=O)c1ccc(Cl)c(C(=O)NCC2(c3ccccc3)CC2)c1. The van der Waals surface area contributed by atoms with Crippen molar-refractivity contribution in [2.75, 3.05) is 20.6 Å². The molecule has 1 saturated carbocycles. The number of carbonyl (C=O) groups excluding carboxylic acids is 1. The summed E-state index contributed by atoms with van der Waals surface area (Å²) in [6, 6.07) is 14.3. The Morgan fingerprint density at radius 1 is 1.15 bits per heavy atom. The fourth-order valence-electron chi connectivity index (χ4n) is 2.90. The zero-order chi connectivity index (χ0) is 18.9. The van der Waals surface area contributed by atoms with Crippen LogP contribution in [0.3, 0.4) is 0 Å². The first kappa shape index (κ1) is 18.9. The molecular formula is C19H21ClN2O3S. The Kier molecular flexibility index (Phi) is 5.10. The third kappa shape index (κ3) is 3.63. The van der Waals surface area contributed by atoms with Crippen molar-refractivity contribution >= 4 is 27.5 Å². The third-order valence-electron chi connectivity index (χ3n) is 4.79. The molecule has 138 valence electrons. The smallest absolute Gasteiger partial charge is 0.252 e. The van der Waals surface area contributed by atoms with Gasteiger partial charge in [-0.3, -0.25) is 4.79 Å². The molecule has 0 aliphatic heterocycles. The molecule has 3 rings (SSSR count). The van der Waals surface area contributed by atoms with Gasteiger partial charge in [0.15, 0.2) is 0 Å². The summed E-state index contributed by atoms with van der Waals surface area (Å²) in [6.07, 6.45) is 2.03. The Balaban J connectivity index is 1.79. The second-order valence-electron chi connectivity index (χ2n) is 6.76. The van der Waals surface area contributed by atoms with Crippen LogP contribution in [-0.4, -0.2) is 39.3 Å². The van der Waals surface area contributed by atoms with Gasteiger partial charge in [0.25, 0.3) is 5.91 Å². The van der Waals surface area contributed by atoms with Crippen LogP contribution >= 0.6 is 11.6 Å². The molecule has 1 aliphatic rings. The van der Waals surface area contributed by atoms with E-state index in [4.69, 9.17) is 11.6 Å². The Labute approximate surface area is 159 Å². The first-order chi connectivity index (χ1) is 12.3. The van der Waals surface area contributed by atoms with E-state index in [1.807, 2.05) is 18.2 Å². The number of benzene rings is 2. The van der Waals surface area contributed by atoms with E-state index in [-0.39, 0.29) is 26.8 Å². The molecule has 0 spiro atoms. The van der Waals surface area contributed by atoms with Crippen molar-refractivity contribution in [3.05, 3.63) is 64.7 Å². The van der Waals surface area contributed by atoms with E-state index >= 15 is 0 Å². The fourth-order valence-corrected chi connectivity index (χ4v) is 4.04. The molecule has 1 aliphatic carbocycles. The van der Waals surface area contributed by atoms with Crippen molar-refractivity contribution < 1.29 is 13.2 Å². The van der Waals surface area contributed by atoms with Crippen LogP contribution < -0.4 is 5.32 Å². The molecule has 0 unspecified atom stereocenters. The van der Waals surface area contributed by atoms with Gasteiger partial charge in [0.05, 0.1) is 15.5 Å². The Bertz CT molecular complexity index is 923. The van der Waals surface area contributed by atoms with E-state index in [9.17, 15) is 13.2 Å². The topological polar surface area (TPSA) is 66.5 Å². The summed E-state index contributed by atoms with van der Waals surface area (Å²) in [5.74, 6) is -0.368. The molecule has 7 heteroatoms. The summed E-state index contributed by atoms with van der Waals surface area (Å²) in [4.78, 5) is 12.7. The molecule has 5 nitrogen and oxygen atoms in total. The van der Waals surface area contributed by atoms with Crippen LogP contribution in [0.25, 0.3) is 0 Å². The quantitative estimate of drug-likeness (QED) is 0.821. The molecule has 0 radical (unpaired) electrons. The number of carbonyl (C=O) groups is 1. The lowest BCUT2D eigenvalue weighted by Crippen LogP contribution is -2.32. The zero-order valence-electron chi connectivity index (χ0n) is 14.7. The summed E-state index contributed by atoms with van der Waals surface area (Å²) >= 11 is 6.13. The van der Waals surface area contributed by atoms with Crippen LogP contribution in [-0.2, 0) is 15.4 Å². The monoisotopic (exact) mass is 392 g/mol. The van der Waals surface area contributed by atoms with Crippen LogP contribution in [0, 0.1) is 0 Å². The van der Waals surface area contributed by atoms with Crippen LogP contribution in [0.5, 0.6) is 0 Å². The maximum absolute atomic E-state index is 12.6. The standard InChI is InChI=1S/C19H21ClN2O3S/c1-22(2)26(24,25)15-8-9-17(20)16(12-15)18(23)21-13-19(10-11-19)14-6-4-3-5-7-14/h3-9,12H,10-11,13H2,1-2H3,(H,21,23). The van der Waals surface area contributed by atoms with Gasteiger partial charge in [-0.1, -0.05) is 41.9 Å². The Morgan fingerprint density at radius 3 is 2.38 bits per heavy atom. The maximum Gasteiger partial charge on any atom is 0.252 e. The Morgan fingerprint density at radius 2 is 1.81 bits per heavy atom. The van der Waals surface area contributed by atoms with Crippen molar-refractivity contribution in [2.45, 2.75) is 23.2 Å². The molecular weight excluding hydrogens is 372 g/mol. The second-order valence-corrected chi connectivity index (χ2v) is 9.32. The lowest BCUT2D eigenvalue weighted by atomic mass is 9.96. The summed E-state index contributed by atoms with van der Waals surface area (Å²) in [5.41, 5.74) is 1.34. The van der Waals surface area contributed by atoms with Gasteiger partial charge in [0.1, 0.15) is 0 Å². The molecule has 1 N–H and O–H groups in total. The number of nitrogens with one attached hydrogen (secondary N) is 1. The molecule has 1 amide bonds. The first-order valence-corrected chi connectivity index (χ1v) is 10.1. The molecule has 0 saturated heterocycles. The van der Waals surface area contributed by atoms with Gasteiger partial charge in [-0.2, -0.15) is 0 Å². The van der Waals surface area contributed by atoms with Crippen molar-refractivity contribution in [1.29, 1.82) is 0 Å². The predicted octanol–water partition coefficient (Wildman–Crippen LogP) is 3.05. The maximum atomic E-state index is 12.6. The zero-order valence-corrected chi connectivity index (χ0v) is 16.3. The number of amides is 1. The molecule has 0 atom stereocenters. The number of hydrogen-bond acceptors (Lipinski definition) is 3. The lowest BCUT2D eigenvalue weighted by Gasteiger charge is -2.17. The van der Waals surface area contributed by atoms with Crippen LogP contribution in [0.1, 0.15) is 28.8 Å². The van der Waals surface area contributed by atoms with E-state index in [2.05, 4.69) is 17.4 Å². The number of halogens is 1. The molecule has 1 fully saturated rings. The first-order valence-electron chi connectivity index (χ1n) is 8.32. The number of nitrogens with zero attached hydrogens (tertiary/aromatic N) is 1. The van der Waals surface area contributed by atoms with Crippen molar-refractivity contribution in [3.8, 4) is 0 Å². The van der Waals surface area contributed by atoms with Gasteiger partial charge < -0.3 is 5.32 Å². The van der Waals surface area contributed by atoms with Crippen molar-refractivity contribution in [2.24, 2.45) is 0 Å². The van der Waals surface area contributed by atoms with Crippen LogP contribution in [0.15, 0.2) is 53.4 Å². The Hall–Kier alpha value is -1.89. The van der Waals surface area contributed by atoms with Crippen molar-refractivity contribution in [1.82, 2.24) is 9.62 Å². The second kappa shape index (κ2) is 7.02. The van der Waals surface area contributed by atoms with E-state index in [0.717, 1.165) is 17.1 Å². The van der Waals surface area contributed by atoms with E-state index < -0.39 is 10.0 Å². The number of rotatable bonds is 6. The third-order valence-corrected chi connectivity index (χ3v) is 6.93. The van der Waals surface area contributed by atoms with E-state index in [0.29, 0.717) is 6.54 Å². The summed E-state index contributed by atoms with van der Waals surface area (Å²) < 4.78 is 25.7. The fraction of sp³-hybridized carbons (Fsp3) is 0.316. The number of sulfonamides is 1. The van der Waals surface area contributed by atoms with E-state index in [1.165, 1.54) is 37.9 Å². The highest BCUT2D eigenvalue weighted by molar-refractivity contribution is 7.89. The highest BCUT2D eigenvalue weighted by Gasteiger charge is 2.44. The van der Waals surface area contributed by atoms with Crippen LogP contribution in [0.4, 0.5) is 0 Å². The van der Waals surface area contributed by atoms with Gasteiger partial charge in [-0.15, -0.1) is 0 Å². The minimum Gasteiger partial charge on any atom is -0.351 e. The molecule has 2 aromatic carbocycles. The average molecular weight is 393 g/mol. The summed E-state index contributed by atoms with van der Waals surface area (Å²) in [5, 5.41) is 3.14. The van der Waals surface area contributed by atoms with Gasteiger partial charge >= 0.3 is 0 Å². The van der Waals surface area contributed by atoms with E-state index in [1.54, 1.807) is 0 Å². The average Bonchev–Trinajstić information content (AvgIpc) is 3.42. The van der Waals surface area contributed by atoms with Gasteiger partial charge in [-0.25, -0.2) is 12.7 Å². The van der Waals surface area contributed by atoms with Crippen LogP contribution in [0.2, 0.25) is 5.02 Å². The molecule has 26 heavy (non-hydrogen) atoms. The van der Waals surface area contributed by atoms with Gasteiger partial charge in [0.2, 0.25) is 10.0 Å². The highest BCUT2D eigenvalue weighted by Crippen LogP contribution is 2.47. The normalized spacial score (nSPS) is 15.7. The summed E-state index contributed by atoms with van der Waals surface area (Å²) in [7, 11) is -0.739. The molecule has 0 bridgehead atoms. The molecule has 0 aromatic heterocycles. The molecule has 0 heterocycles. The number of hydrogen-bond donors (Lipinski definition) is 1. The lowest BCUT2D eigenvalue weighted by molar-refractivity contribution is 0.0949. The van der Waals surface area contributed by atoms with Crippen molar-refractivity contribution in [3.63, 3.8) is 0 Å². The predicted molar refractivity (Wildman–Crippen MR) is 102 cm³/mol. The summed E-state index contributed by atoms with van der Waals surface area (Å²) in [6.45, 7) is 0.497. The minimum absolute atomic E-state index is 0.0310. The highest BCUT2D eigenvalue weighted by atomic mass is 35.5. The van der Waals surface area contributed by atoms with Gasteiger partial charge in [0, 0.05) is 26.1 Å². The largest absolute Gasteiger partial charge is 0.351 e. The van der Waals surface area contributed by atoms with Gasteiger partial charge in [-0.05, 0) is 36.6 Å². The minimum atomic E-state index is -3.63.